The molecule has 80 valence electrons. The summed E-state index contributed by atoms with van der Waals surface area (Å²) in [6.45, 7) is 4.42. The van der Waals surface area contributed by atoms with Crippen molar-refractivity contribution in [2.45, 2.75) is 32.6 Å². The standard InChI is InChI=1S/C11H13BrN2S/c1-3-7(4-2)10-13-8-5-6-9(12)14-11(8)15-10/h5-7H,3-4H2,1-2H3. The molecule has 0 atom stereocenters. The molecule has 2 nitrogen and oxygen atoms in total. The molecule has 0 aliphatic rings. The molecular weight excluding hydrogens is 272 g/mol. The lowest BCUT2D eigenvalue weighted by Crippen LogP contribution is -1.93. The summed E-state index contributed by atoms with van der Waals surface area (Å²) in [7, 11) is 0. The highest BCUT2D eigenvalue weighted by molar-refractivity contribution is 9.10. The van der Waals surface area contributed by atoms with E-state index < -0.39 is 0 Å². The lowest BCUT2D eigenvalue weighted by atomic mass is 10.1. The van der Waals surface area contributed by atoms with E-state index in [2.05, 4.69) is 39.7 Å². The van der Waals surface area contributed by atoms with E-state index in [4.69, 9.17) is 0 Å². The van der Waals surface area contributed by atoms with Crippen molar-refractivity contribution in [3.63, 3.8) is 0 Å². The zero-order valence-electron chi connectivity index (χ0n) is 8.83. The summed E-state index contributed by atoms with van der Waals surface area (Å²) in [6.07, 6.45) is 2.30. The first-order chi connectivity index (χ1) is 7.24. The van der Waals surface area contributed by atoms with Crippen molar-refractivity contribution in [3.8, 4) is 0 Å². The molecule has 0 aromatic carbocycles. The van der Waals surface area contributed by atoms with Crippen LogP contribution in [0.3, 0.4) is 0 Å². The zero-order chi connectivity index (χ0) is 10.8. The molecule has 0 saturated carbocycles. The SMILES string of the molecule is CCC(CC)c1nc2ccc(Br)nc2s1. The third-order valence-corrected chi connectivity index (χ3v) is 4.14. The summed E-state index contributed by atoms with van der Waals surface area (Å²) < 4.78 is 0.884. The first kappa shape index (κ1) is 11.0. The smallest absolute Gasteiger partial charge is 0.144 e. The molecule has 0 spiro atoms. The maximum atomic E-state index is 4.63. The Balaban J connectivity index is 2.46. The van der Waals surface area contributed by atoms with E-state index in [1.807, 2.05) is 12.1 Å². The van der Waals surface area contributed by atoms with Crippen molar-refractivity contribution in [2.24, 2.45) is 0 Å². The van der Waals surface area contributed by atoms with Crippen LogP contribution in [-0.4, -0.2) is 9.97 Å². The second-order valence-corrected chi connectivity index (χ2v) is 5.35. The Kier molecular flexibility index (Phi) is 3.36. The second-order valence-electron chi connectivity index (χ2n) is 3.52. The van der Waals surface area contributed by atoms with Crippen LogP contribution in [0.15, 0.2) is 16.7 Å². The van der Waals surface area contributed by atoms with E-state index in [1.54, 1.807) is 11.3 Å². The van der Waals surface area contributed by atoms with Gasteiger partial charge in [-0.05, 0) is 40.9 Å². The van der Waals surface area contributed by atoms with Crippen LogP contribution in [0.5, 0.6) is 0 Å². The van der Waals surface area contributed by atoms with Crippen LogP contribution in [0.1, 0.15) is 37.6 Å². The summed E-state index contributed by atoms with van der Waals surface area (Å²) >= 11 is 5.10. The predicted octanol–water partition coefficient (Wildman–Crippen LogP) is 4.36. The van der Waals surface area contributed by atoms with Gasteiger partial charge in [0.15, 0.2) is 0 Å². The maximum Gasteiger partial charge on any atom is 0.144 e. The number of fused-ring (bicyclic) bond motifs is 1. The largest absolute Gasteiger partial charge is 0.239 e. The fourth-order valence-corrected chi connectivity index (χ4v) is 3.26. The summed E-state index contributed by atoms with van der Waals surface area (Å²) in [5.41, 5.74) is 1.02. The summed E-state index contributed by atoms with van der Waals surface area (Å²) in [5, 5.41) is 1.22. The van der Waals surface area contributed by atoms with Gasteiger partial charge in [0.1, 0.15) is 15.0 Å². The molecule has 0 unspecified atom stereocenters. The van der Waals surface area contributed by atoms with Crippen LogP contribution < -0.4 is 0 Å². The van der Waals surface area contributed by atoms with Crippen LogP contribution in [0.2, 0.25) is 0 Å². The fraction of sp³-hybridized carbons (Fsp3) is 0.455. The molecular formula is C11H13BrN2S. The molecule has 0 bridgehead atoms. The van der Waals surface area contributed by atoms with Crippen molar-refractivity contribution in [2.75, 3.05) is 0 Å². The Bertz CT molecular complexity index is 463. The fourth-order valence-electron chi connectivity index (χ4n) is 1.62. The summed E-state index contributed by atoms with van der Waals surface area (Å²) in [5.74, 6) is 0.586. The predicted molar refractivity (Wildman–Crippen MR) is 68.4 cm³/mol. The molecule has 0 saturated heterocycles. The van der Waals surface area contributed by atoms with E-state index in [-0.39, 0.29) is 0 Å². The van der Waals surface area contributed by atoms with E-state index in [0.29, 0.717) is 5.92 Å². The van der Waals surface area contributed by atoms with Gasteiger partial charge >= 0.3 is 0 Å². The van der Waals surface area contributed by atoms with Crippen LogP contribution in [0.25, 0.3) is 10.3 Å². The van der Waals surface area contributed by atoms with Crippen molar-refractivity contribution in [1.29, 1.82) is 0 Å². The number of pyridine rings is 1. The molecule has 4 heteroatoms. The first-order valence-electron chi connectivity index (χ1n) is 5.17. The van der Waals surface area contributed by atoms with E-state index in [9.17, 15) is 0 Å². The average Bonchev–Trinajstić information content (AvgIpc) is 2.62. The minimum atomic E-state index is 0.586. The Morgan fingerprint density at radius 3 is 2.67 bits per heavy atom. The quantitative estimate of drug-likeness (QED) is 0.783. The van der Waals surface area contributed by atoms with Crippen LogP contribution in [-0.2, 0) is 0 Å². The van der Waals surface area contributed by atoms with Gasteiger partial charge in [0.2, 0.25) is 0 Å². The van der Waals surface area contributed by atoms with Gasteiger partial charge in [-0.15, -0.1) is 0 Å². The van der Waals surface area contributed by atoms with Crippen LogP contribution in [0, 0.1) is 0 Å². The van der Waals surface area contributed by atoms with Gasteiger partial charge in [0, 0.05) is 5.92 Å². The Morgan fingerprint density at radius 1 is 1.27 bits per heavy atom. The number of aromatic nitrogens is 2. The number of hydrogen-bond donors (Lipinski definition) is 0. The maximum absolute atomic E-state index is 4.63. The van der Waals surface area contributed by atoms with Gasteiger partial charge in [-0.3, -0.25) is 0 Å². The lowest BCUT2D eigenvalue weighted by molar-refractivity contribution is 0.639. The number of nitrogens with zero attached hydrogens (tertiary/aromatic N) is 2. The molecule has 2 heterocycles. The highest BCUT2D eigenvalue weighted by Crippen LogP contribution is 2.30. The molecule has 0 fully saturated rings. The number of rotatable bonds is 3. The Hall–Kier alpha value is -0.480. The molecule has 2 aromatic rings. The van der Waals surface area contributed by atoms with E-state index >= 15 is 0 Å². The van der Waals surface area contributed by atoms with Gasteiger partial charge in [0.05, 0.1) is 5.01 Å². The van der Waals surface area contributed by atoms with Gasteiger partial charge in [-0.1, -0.05) is 25.2 Å². The Labute approximate surface area is 102 Å². The number of hydrogen-bond acceptors (Lipinski definition) is 3. The zero-order valence-corrected chi connectivity index (χ0v) is 11.2. The van der Waals surface area contributed by atoms with Gasteiger partial charge < -0.3 is 0 Å². The Morgan fingerprint density at radius 2 is 2.00 bits per heavy atom. The topological polar surface area (TPSA) is 25.8 Å². The molecule has 2 rings (SSSR count). The van der Waals surface area contributed by atoms with E-state index in [1.165, 1.54) is 5.01 Å². The monoisotopic (exact) mass is 284 g/mol. The van der Waals surface area contributed by atoms with Gasteiger partial charge in [-0.2, -0.15) is 0 Å². The minimum absolute atomic E-state index is 0.586. The highest BCUT2D eigenvalue weighted by Gasteiger charge is 2.13. The van der Waals surface area contributed by atoms with Gasteiger partial charge in [-0.25, -0.2) is 9.97 Å². The molecule has 2 aromatic heterocycles. The van der Waals surface area contributed by atoms with Crippen LogP contribution >= 0.6 is 27.3 Å². The summed E-state index contributed by atoms with van der Waals surface area (Å²) in [6, 6.07) is 3.97. The van der Waals surface area contributed by atoms with Gasteiger partial charge in [0.25, 0.3) is 0 Å². The lowest BCUT2D eigenvalue weighted by Gasteiger charge is -2.06. The van der Waals surface area contributed by atoms with Crippen molar-refractivity contribution < 1.29 is 0 Å². The van der Waals surface area contributed by atoms with Crippen molar-refractivity contribution in [1.82, 2.24) is 9.97 Å². The van der Waals surface area contributed by atoms with E-state index in [0.717, 1.165) is 27.8 Å². The average molecular weight is 285 g/mol. The molecule has 0 N–H and O–H groups in total. The second kappa shape index (κ2) is 4.58. The number of halogens is 1. The van der Waals surface area contributed by atoms with Crippen LogP contribution in [0.4, 0.5) is 0 Å². The molecule has 0 radical (unpaired) electrons. The first-order valence-corrected chi connectivity index (χ1v) is 6.78. The minimum Gasteiger partial charge on any atom is -0.239 e. The number of thiazole rings is 1. The van der Waals surface area contributed by atoms with Crippen molar-refractivity contribution >= 4 is 37.6 Å². The third kappa shape index (κ3) is 2.21. The highest BCUT2D eigenvalue weighted by atomic mass is 79.9. The summed E-state index contributed by atoms with van der Waals surface area (Å²) in [4.78, 5) is 10.1. The third-order valence-electron chi connectivity index (χ3n) is 2.57. The van der Waals surface area contributed by atoms with Crippen molar-refractivity contribution in [3.05, 3.63) is 21.7 Å². The molecule has 0 amide bonds. The normalized spacial score (nSPS) is 11.5. The molecule has 15 heavy (non-hydrogen) atoms. The molecule has 0 aliphatic heterocycles. The molecule has 0 aliphatic carbocycles.